The van der Waals surface area contributed by atoms with E-state index in [-0.39, 0.29) is 12.5 Å². The largest absolute Gasteiger partial charge is 0.465 e. The highest BCUT2D eigenvalue weighted by Crippen LogP contribution is 2.31. The molecular weight excluding hydrogens is 272 g/mol. The number of amides is 2. The molecule has 2 rings (SSSR count). The van der Waals surface area contributed by atoms with Gasteiger partial charge in [-0.15, -0.1) is 0 Å². The summed E-state index contributed by atoms with van der Waals surface area (Å²) in [5.74, 6) is 0.297. The molecule has 1 aliphatic rings. The van der Waals surface area contributed by atoms with Crippen LogP contribution in [0.2, 0.25) is 0 Å². The van der Waals surface area contributed by atoms with Gasteiger partial charge in [0.25, 0.3) is 0 Å². The number of rotatable bonds is 3. The molecule has 0 aliphatic carbocycles. The molecule has 114 valence electrons. The van der Waals surface area contributed by atoms with Crippen molar-refractivity contribution in [2.24, 2.45) is 11.1 Å². The van der Waals surface area contributed by atoms with Gasteiger partial charge in [0, 0.05) is 25.8 Å². The first-order chi connectivity index (χ1) is 9.97. The molecule has 0 atom stereocenters. The maximum Gasteiger partial charge on any atom is 0.407 e. The molecule has 0 bridgehead atoms. The zero-order valence-corrected chi connectivity index (χ0v) is 12.0. The minimum Gasteiger partial charge on any atom is -0.465 e. The van der Waals surface area contributed by atoms with Crippen LogP contribution in [0.5, 0.6) is 0 Å². The number of carboxylic acid groups (broad SMARTS) is 1. The summed E-state index contributed by atoms with van der Waals surface area (Å²) in [6.45, 7) is 2.75. The van der Waals surface area contributed by atoms with Crippen LogP contribution in [0.25, 0.3) is 0 Å². The quantitative estimate of drug-likeness (QED) is 0.771. The number of nitrogens with zero attached hydrogens (tertiary/aromatic N) is 2. The molecule has 1 aromatic heterocycles. The number of carbonyl (C=O) groups is 2. The summed E-state index contributed by atoms with van der Waals surface area (Å²) < 4.78 is 0. The number of hydrogen-bond donors (Lipinski definition) is 3. The Labute approximate surface area is 123 Å². The van der Waals surface area contributed by atoms with E-state index >= 15 is 0 Å². The van der Waals surface area contributed by atoms with Gasteiger partial charge in [-0.2, -0.15) is 0 Å². The number of pyridine rings is 1. The Morgan fingerprint density at radius 3 is 2.57 bits per heavy atom. The van der Waals surface area contributed by atoms with Gasteiger partial charge in [-0.05, 0) is 31.4 Å². The fourth-order valence-electron chi connectivity index (χ4n) is 2.44. The van der Waals surface area contributed by atoms with Crippen molar-refractivity contribution in [2.75, 3.05) is 25.0 Å². The number of likely N-dealkylation sites (tertiary alicyclic amines) is 1. The number of hydrogen-bond acceptors (Lipinski definition) is 4. The van der Waals surface area contributed by atoms with Crippen LogP contribution < -0.4 is 11.1 Å². The summed E-state index contributed by atoms with van der Waals surface area (Å²) in [6.07, 6.45) is 1.57. The number of carbonyl (C=O) groups excluding carboxylic acids is 1. The minimum absolute atomic E-state index is 0.189. The van der Waals surface area contributed by atoms with Crippen LogP contribution in [-0.4, -0.2) is 46.6 Å². The van der Waals surface area contributed by atoms with E-state index in [0.29, 0.717) is 31.7 Å². The van der Waals surface area contributed by atoms with Crippen molar-refractivity contribution in [3.63, 3.8) is 0 Å². The monoisotopic (exact) mass is 292 g/mol. The molecule has 0 radical (unpaired) electrons. The Bertz CT molecular complexity index is 522. The molecule has 2 amide bonds. The summed E-state index contributed by atoms with van der Waals surface area (Å²) in [4.78, 5) is 28.9. The lowest BCUT2D eigenvalue weighted by atomic mass is 9.77. The van der Waals surface area contributed by atoms with Crippen molar-refractivity contribution in [3.05, 3.63) is 23.9 Å². The van der Waals surface area contributed by atoms with E-state index in [1.54, 1.807) is 12.3 Å². The molecule has 0 spiro atoms. The van der Waals surface area contributed by atoms with Crippen molar-refractivity contribution in [3.8, 4) is 0 Å². The van der Waals surface area contributed by atoms with Crippen LogP contribution >= 0.6 is 0 Å². The molecule has 1 fully saturated rings. The second kappa shape index (κ2) is 6.09. The number of nitrogens with two attached hydrogens (primary N) is 1. The van der Waals surface area contributed by atoms with Crippen molar-refractivity contribution < 1.29 is 14.7 Å². The fraction of sp³-hybridized carbons (Fsp3) is 0.500. The number of nitrogens with one attached hydrogen (secondary N) is 1. The number of aromatic nitrogens is 1. The third kappa shape index (κ3) is 3.30. The summed E-state index contributed by atoms with van der Waals surface area (Å²) in [5.41, 5.74) is 6.08. The van der Waals surface area contributed by atoms with E-state index in [4.69, 9.17) is 10.8 Å². The molecule has 7 nitrogen and oxygen atoms in total. The zero-order valence-electron chi connectivity index (χ0n) is 12.0. The predicted molar refractivity (Wildman–Crippen MR) is 77.9 cm³/mol. The number of anilines is 1. The normalized spacial score (nSPS) is 17.3. The van der Waals surface area contributed by atoms with E-state index < -0.39 is 11.5 Å². The summed E-state index contributed by atoms with van der Waals surface area (Å²) in [7, 11) is 0. The van der Waals surface area contributed by atoms with Crippen LogP contribution in [0, 0.1) is 12.3 Å². The van der Waals surface area contributed by atoms with Gasteiger partial charge in [-0.25, -0.2) is 9.78 Å². The lowest BCUT2D eigenvalue weighted by Crippen LogP contribution is -2.51. The molecule has 1 aromatic rings. The van der Waals surface area contributed by atoms with Crippen LogP contribution in [-0.2, 0) is 4.79 Å². The van der Waals surface area contributed by atoms with Crippen molar-refractivity contribution in [1.82, 2.24) is 9.88 Å². The van der Waals surface area contributed by atoms with E-state index in [0.717, 1.165) is 5.56 Å². The number of aryl methyl sites for hydroxylation is 1. The van der Waals surface area contributed by atoms with E-state index in [2.05, 4.69) is 10.3 Å². The SMILES string of the molecule is Cc1ccc(NC(=O)C2(CN)CCN(C(=O)O)CC2)nc1. The van der Waals surface area contributed by atoms with Crippen LogP contribution in [0.1, 0.15) is 18.4 Å². The third-order valence-electron chi connectivity index (χ3n) is 4.02. The van der Waals surface area contributed by atoms with Crippen molar-refractivity contribution in [1.29, 1.82) is 0 Å². The van der Waals surface area contributed by atoms with Crippen molar-refractivity contribution >= 4 is 17.8 Å². The van der Waals surface area contributed by atoms with Crippen LogP contribution in [0.4, 0.5) is 10.6 Å². The third-order valence-corrected chi connectivity index (χ3v) is 4.02. The molecule has 1 saturated heterocycles. The molecule has 1 aliphatic heterocycles. The minimum atomic E-state index is -0.957. The first kappa shape index (κ1) is 15.2. The lowest BCUT2D eigenvalue weighted by molar-refractivity contribution is -0.127. The first-order valence-corrected chi connectivity index (χ1v) is 6.89. The Morgan fingerprint density at radius 1 is 1.43 bits per heavy atom. The Kier molecular flexibility index (Phi) is 4.42. The molecule has 21 heavy (non-hydrogen) atoms. The van der Waals surface area contributed by atoms with Gasteiger partial charge in [0.15, 0.2) is 0 Å². The van der Waals surface area contributed by atoms with Gasteiger partial charge in [0.2, 0.25) is 5.91 Å². The van der Waals surface area contributed by atoms with Gasteiger partial charge in [0.1, 0.15) is 5.82 Å². The van der Waals surface area contributed by atoms with E-state index in [9.17, 15) is 9.59 Å². The molecule has 0 unspecified atom stereocenters. The average Bonchev–Trinajstić information content (AvgIpc) is 2.49. The highest BCUT2D eigenvalue weighted by Gasteiger charge is 2.41. The molecular formula is C14H20N4O3. The van der Waals surface area contributed by atoms with Crippen molar-refractivity contribution in [2.45, 2.75) is 19.8 Å². The predicted octanol–water partition coefficient (Wildman–Crippen LogP) is 1.05. The molecule has 0 saturated carbocycles. The van der Waals surface area contributed by atoms with Gasteiger partial charge < -0.3 is 21.1 Å². The smallest absolute Gasteiger partial charge is 0.407 e. The average molecular weight is 292 g/mol. The fourth-order valence-corrected chi connectivity index (χ4v) is 2.44. The maximum absolute atomic E-state index is 12.5. The Morgan fingerprint density at radius 2 is 2.10 bits per heavy atom. The lowest BCUT2D eigenvalue weighted by Gasteiger charge is -2.38. The van der Waals surface area contributed by atoms with Crippen LogP contribution in [0.15, 0.2) is 18.3 Å². The summed E-state index contributed by atoms with van der Waals surface area (Å²) in [5, 5.41) is 11.7. The Hall–Kier alpha value is -2.15. The second-order valence-corrected chi connectivity index (χ2v) is 5.43. The highest BCUT2D eigenvalue weighted by atomic mass is 16.4. The highest BCUT2D eigenvalue weighted by molar-refractivity contribution is 5.95. The van der Waals surface area contributed by atoms with E-state index in [1.807, 2.05) is 13.0 Å². The van der Waals surface area contributed by atoms with Gasteiger partial charge >= 0.3 is 6.09 Å². The summed E-state index contributed by atoms with van der Waals surface area (Å²) in [6, 6.07) is 3.61. The first-order valence-electron chi connectivity index (χ1n) is 6.89. The van der Waals surface area contributed by atoms with E-state index in [1.165, 1.54) is 4.90 Å². The summed E-state index contributed by atoms with van der Waals surface area (Å²) >= 11 is 0. The Balaban J connectivity index is 2.05. The molecule has 4 N–H and O–H groups in total. The van der Waals surface area contributed by atoms with Gasteiger partial charge in [-0.1, -0.05) is 6.07 Å². The molecule has 0 aromatic carbocycles. The zero-order chi connectivity index (χ0) is 15.5. The second-order valence-electron chi connectivity index (χ2n) is 5.43. The maximum atomic E-state index is 12.5. The number of piperidine rings is 1. The molecule has 7 heteroatoms. The topological polar surface area (TPSA) is 109 Å². The van der Waals surface area contributed by atoms with Gasteiger partial charge in [0.05, 0.1) is 5.41 Å². The van der Waals surface area contributed by atoms with Crippen LogP contribution in [0.3, 0.4) is 0 Å². The standard InChI is InChI=1S/C14H20N4O3/c1-10-2-3-11(16-8-10)17-12(19)14(9-15)4-6-18(7-5-14)13(20)21/h2-3,8H,4-7,9,15H2,1H3,(H,20,21)(H,16,17,19). The molecule has 2 heterocycles. The van der Waals surface area contributed by atoms with Gasteiger partial charge in [-0.3, -0.25) is 4.79 Å².